The lowest BCUT2D eigenvalue weighted by Crippen LogP contribution is -2.37. The predicted molar refractivity (Wildman–Crippen MR) is 93.8 cm³/mol. The van der Waals surface area contributed by atoms with Crippen LogP contribution in [0.25, 0.3) is 0 Å². The Morgan fingerprint density at radius 1 is 1.35 bits per heavy atom. The Bertz CT molecular complexity index is 746. The van der Waals surface area contributed by atoms with Gasteiger partial charge >= 0.3 is 0 Å². The minimum Gasteiger partial charge on any atom is -0.346 e. The van der Waals surface area contributed by atoms with Crippen LogP contribution in [-0.4, -0.2) is 53.7 Å². The summed E-state index contributed by atoms with van der Waals surface area (Å²) < 4.78 is 23.5. The van der Waals surface area contributed by atoms with Gasteiger partial charge in [0.2, 0.25) is 0 Å². The van der Waals surface area contributed by atoms with Gasteiger partial charge in [0.05, 0.1) is 24.0 Å². The van der Waals surface area contributed by atoms with Crippen LogP contribution < -0.4 is 0 Å². The van der Waals surface area contributed by atoms with Crippen molar-refractivity contribution in [3.05, 3.63) is 34.9 Å². The molecular weight excluding hydrogens is 356 g/mol. The Hall–Kier alpha value is -1.05. The molecular formula is C15H17ClN2O3S2. The number of rotatable bonds is 3. The Morgan fingerprint density at radius 3 is 2.70 bits per heavy atom. The first kappa shape index (κ1) is 16.8. The number of hydrogen-bond acceptors (Lipinski definition) is 4. The first-order chi connectivity index (χ1) is 10.9. The summed E-state index contributed by atoms with van der Waals surface area (Å²) in [6.07, 6.45) is 0.215. The number of hydrogen-bond donors (Lipinski definition) is 0. The van der Waals surface area contributed by atoms with Crippen LogP contribution in [0.15, 0.2) is 29.3 Å². The number of aliphatic imine (C=N–C) groups is 1. The highest BCUT2D eigenvalue weighted by Crippen LogP contribution is 2.37. The van der Waals surface area contributed by atoms with E-state index in [9.17, 15) is 13.2 Å². The third-order valence-electron chi connectivity index (χ3n) is 4.00. The summed E-state index contributed by atoms with van der Waals surface area (Å²) in [4.78, 5) is 18.3. The second-order valence-electron chi connectivity index (χ2n) is 5.68. The zero-order valence-corrected chi connectivity index (χ0v) is 15.0. The summed E-state index contributed by atoms with van der Waals surface area (Å²) in [7, 11) is -2.97. The zero-order chi connectivity index (χ0) is 16.6. The highest BCUT2D eigenvalue weighted by atomic mass is 35.5. The van der Waals surface area contributed by atoms with Gasteiger partial charge in [-0.2, -0.15) is 4.99 Å². The maximum atomic E-state index is 12.2. The van der Waals surface area contributed by atoms with Crippen molar-refractivity contribution in [1.82, 2.24) is 4.90 Å². The van der Waals surface area contributed by atoms with E-state index in [1.54, 1.807) is 24.3 Å². The average Bonchev–Trinajstić information content (AvgIpc) is 2.92. The smallest absolute Gasteiger partial charge is 0.252 e. The largest absolute Gasteiger partial charge is 0.346 e. The fraction of sp³-hybridized carbons (Fsp3) is 0.467. The number of nitrogens with zero attached hydrogens (tertiary/aromatic N) is 2. The van der Waals surface area contributed by atoms with E-state index < -0.39 is 9.84 Å². The Kier molecular flexibility index (Phi) is 4.71. The number of sulfone groups is 1. The van der Waals surface area contributed by atoms with Crippen molar-refractivity contribution in [3.8, 4) is 0 Å². The zero-order valence-electron chi connectivity index (χ0n) is 12.6. The number of amides is 1. The second-order valence-corrected chi connectivity index (χ2v) is 9.47. The van der Waals surface area contributed by atoms with E-state index in [1.807, 2.05) is 11.8 Å². The third kappa shape index (κ3) is 3.72. The molecule has 1 amide bonds. The molecule has 0 aromatic heterocycles. The summed E-state index contributed by atoms with van der Waals surface area (Å²) >= 11 is 7.24. The molecule has 1 aromatic rings. The van der Waals surface area contributed by atoms with Gasteiger partial charge in [0.25, 0.3) is 5.91 Å². The molecule has 0 saturated carbocycles. The molecule has 2 fully saturated rings. The van der Waals surface area contributed by atoms with Gasteiger partial charge in [-0.05, 0) is 24.6 Å². The van der Waals surface area contributed by atoms with Gasteiger partial charge in [-0.25, -0.2) is 8.42 Å². The number of thioether (sulfide) groups is 1. The molecule has 124 valence electrons. The molecule has 5 nitrogen and oxygen atoms in total. The summed E-state index contributed by atoms with van der Waals surface area (Å²) in [6.45, 7) is 2.60. The maximum Gasteiger partial charge on any atom is 0.252 e. The topological polar surface area (TPSA) is 66.8 Å². The Morgan fingerprint density at radius 2 is 2.04 bits per heavy atom. The molecule has 2 atom stereocenters. The van der Waals surface area contributed by atoms with Gasteiger partial charge in [0.15, 0.2) is 15.0 Å². The van der Waals surface area contributed by atoms with Crippen LogP contribution in [0, 0.1) is 0 Å². The van der Waals surface area contributed by atoms with E-state index in [1.165, 1.54) is 11.8 Å². The fourth-order valence-corrected chi connectivity index (χ4v) is 7.09. The number of carbonyl (C=O) groups is 1. The number of fused-ring (bicyclic) bond motifs is 1. The van der Waals surface area contributed by atoms with Crippen molar-refractivity contribution < 1.29 is 13.2 Å². The van der Waals surface area contributed by atoms with Crippen molar-refractivity contribution in [2.45, 2.75) is 24.6 Å². The second kappa shape index (κ2) is 6.45. The molecule has 0 radical (unpaired) electrons. The molecule has 0 bridgehead atoms. The van der Waals surface area contributed by atoms with Gasteiger partial charge < -0.3 is 4.90 Å². The van der Waals surface area contributed by atoms with Gasteiger partial charge in [-0.1, -0.05) is 35.5 Å². The molecule has 0 spiro atoms. The molecule has 2 saturated heterocycles. The van der Waals surface area contributed by atoms with E-state index in [0.29, 0.717) is 16.7 Å². The van der Waals surface area contributed by atoms with Crippen molar-refractivity contribution >= 4 is 44.3 Å². The van der Waals surface area contributed by atoms with Crippen molar-refractivity contribution in [2.75, 3.05) is 18.1 Å². The van der Waals surface area contributed by atoms with Crippen LogP contribution in [0.2, 0.25) is 5.02 Å². The average molecular weight is 373 g/mol. The van der Waals surface area contributed by atoms with Crippen molar-refractivity contribution in [3.63, 3.8) is 0 Å². The third-order valence-corrected chi connectivity index (χ3v) is 7.50. The van der Waals surface area contributed by atoms with E-state index in [4.69, 9.17) is 11.6 Å². The summed E-state index contributed by atoms with van der Waals surface area (Å²) in [5, 5.41) is 1.27. The minimum atomic E-state index is -2.97. The number of benzene rings is 1. The normalized spacial score (nSPS) is 27.4. The van der Waals surface area contributed by atoms with Crippen LogP contribution in [0.1, 0.15) is 12.5 Å². The van der Waals surface area contributed by atoms with Gasteiger partial charge in [0, 0.05) is 16.8 Å². The SMILES string of the molecule is CCN1C(=NC(=O)Cc2ccc(Cl)cc2)S[C@@H]2CS(=O)(=O)C[C@H]21. The van der Waals surface area contributed by atoms with Crippen molar-refractivity contribution in [1.29, 1.82) is 0 Å². The van der Waals surface area contributed by atoms with E-state index >= 15 is 0 Å². The molecule has 3 rings (SSSR count). The number of halogens is 1. The summed E-state index contributed by atoms with van der Waals surface area (Å²) in [6, 6.07) is 7.05. The van der Waals surface area contributed by atoms with Gasteiger partial charge in [-0.3, -0.25) is 4.79 Å². The summed E-state index contributed by atoms with van der Waals surface area (Å²) in [5.41, 5.74) is 0.859. The van der Waals surface area contributed by atoms with Crippen LogP contribution in [-0.2, 0) is 21.1 Å². The van der Waals surface area contributed by atoms with Crippen LogP contribution in [0.3, 0.4) is 0 Å². The lowest BCUT2D eigenvalue weighted by molar-refractivity contribution is -0.117. The minimum absolute atomic E-state index is 0.0120. The predicted octanol–water partition coefficient (Wildman–Crippen LogP) is 2.00. The summed E-state index contributed by atoms with van der Waals surface area (Å²) in [5.74, 6) is 0.0997. The van der Waals surface area contributed by atoms with Crippen molar-refractivity contribution in [2.24, 2.45) is 4.99 Å². The van der Waals surface area contributed by atoms with Gasteiger partial charge in [0.1, 0.15) is 0 Å². The molecule has 8 heteroatoms. The molecule has 2 heterocycles. The molecule has 1 aromatic carbocycles. The van der Waals surface area contributed by atoms with Gasteiger partial charge in [-0.15, -0.1) is 0 Å². The quantitative estimate of drug-likeness (QED) is 0.811. The highest BCUT2D eigenvalue weighted by molar-refractivity contribution is 8.15. The lowest BCUT2D eigenvalue weighted by Gasteiger charge is -2.22. The van der Waals surface area contributed by atoms with E-state index in [2.05, 4.69) is 4.99 Å². The number of amidine groups is 1. The Balaban J connectivity index is 1.72. The van der Waals surface area contributed by atoms with Crippen LogP contribution >= 0.6 is 23.4 Å². The molecule has 2 aliphatic rings. The highest BCUT2D eigenvalue weighted by Gasteiger charge is 2.48. The Labute approximate surface area is 145 Å². The molecule has 23 heavy (non-hydrogen) atoms. The fourth-order valence-electron chi connectivity index (χ4n) is 2.93. The standard InChI is InChI=1S/C15H17ClN2O3S2/c1-2-18-12-8-23(20,21)9-13(12)22-15(18)17-14(19)7-10-3-5-11(16)6-4-10/h3-6,12-13H,2,7-9H2,1H3/t12-,13-/m1/s1. The molecule has 0 N–H and O–H groups in total. The first-order valence-corrected chi connectivity index (χ1v) is 10.5. The van der Waals surface area contributed by atoms with Crippen LogP contribution in [0.4, 0.5) is 0 Å². The van der Waals surface area contributed by atoms with Crippen LogP contribution in [0.5, 0.6) is 0 Å². The maximum absolute atomic E-state index is 12.2. The first-order valence-electron chi connectivity index (χ1n) is 7.37. The molecule has 0 unspecified atom stereocenters. The van der Waals surface area contributed by atoms with E-state index in [-0.39, 0.29) is 35.1 Å². The van der Waals surface area contributed by atoms with E-state index in [0.717, 1.165) is 5.56 Å². The number of carbonyl (C=O) groups excluding carboxylic acids is 1. The molecule has 2 aliphatic heterocycles. The lowest BCUT2D eigenvalue weighted by atomic mass is 10.1. The molecule has 0 aliphatic carbocycles. The monoisotopic (exact) mass is 372 g/mol.